The van der Waals surface area contributed by atoms with E-state index in [9.17, 15) is 9.59 Å². The van der Waals surface area contributed by atoms with Crippen molar-refractivity contribution in [2.45, 2.75) is 38.6 Å². The number of para-hydroxylation sites is 1. The second-order valence-electron chi connectivity index (χ2n) is 8.51. The first-order valence-electron chi connectivity index (χ1n) is 10.7. The van der Waals surface area contributed by atoms with Gasteiger partial charge in [-0.2, -0.15) is 0 Å². The van der Waals surface area contributed by atoms with Gasteiger partial charge in [0.2, 0.25) is 5.43 Å². The van der Waals surface area contributed by atoms with Gasteiger partial charge in [-0.1, -0.05) is 38.1 Å². The number of fused-ring (bicyclic) bond motifs is 1. The summed E-state index contributed by atoms with van der Waals surface area (Å²) in [6, 6.07) is 16.1. The third-order valence-corrected chi connectivity index (χ3v) is 5.98. The lowest BCUT2D eigenvalue weighted by molar-refractivity contribution is 0.0713. The van der Waals surface area contributed by atoms with Crippen molar-refractivity contribution in [3.63, 3.8) is 0 Å². The molecule has 5 nitrogen and oxygen atoms in total. The van der Waals surface area contributed by atoms with Crippen molar-refractivity contribution in [2.75, 3.05) is 18.4 Å². The molecular formula is C25H29N3O2. The fourth-order valence-electron chi connectivity index (χ4n) is 4.24. The van der Waals surface area contributed by atoms with Crippen LogP contribution in [0.25, 0.3) is 10.9 Å². The van der Waals surface area contributed by atoms with E-state index in [-0.39, 0.29) is 22.9 Å². The predicted molar refractivity (Wildman–Crippen MR) is 122 cm³/mol. The van der Waals surface area contributed by atoms with Crippen LogP contribution in [0, 0.1) is 0 Å². The maximum atomic E-state index is 13.2. The SMILES string of the molecule is CC(C)c1ccc(N[C@@H]2CCCN(C(=O)c3cn(C)c4ccccc4c3=O)C2)cc1. The number of likely N-dealkylation sites (tertiary alicyclic amines) is 1. The minimum Gasteiger partial charge on any atom is -0.381 e. The summed E-state index contributed by atoms with van der Waals surface area (Å²) >= 11 is 0. The summed E-state index contributed by atoms with van der Waals surface area (Å²) < 4.78 is 1.86. The number of carbonyl (C=O) groups excluding carboxylic acids is 1. The second kappa shape index (κ2) is 8.34. The minimum atomic E-state index is -0.187. The Balaban J connectivity index is 1.52. The molecule has 0 aliphatic carbocycles. The number of hydrogen-bond donors (Lipinski definition) is 1. The first-order chi connectivity index (χ1) is 14.4. The molecule has 1 N–H and O–H groups in total. The molecule has 0 unspecified atom stereocenters. The van der Waals surface area contributed by atoms with Gasteiger partial charge in [-0.25, -0.2) is 0 Å². The highest BCUT2D eigenvalue weighted by Crippen LogP contribution is 2.21. The van der Waals surface area contributed by atoms with E-state index >= 15 is 0 Å². The molecule has 2 heterocycles. The Labute approximate surface area is 177 Å². The van der Waals surface area contributed by atoms with Crippen molar-refractivity contribution in [3.05, 3.63) is 76.1 Å². The van der Waals surface area contributed by atoms with Crippen LogP contribution in [-0.4, -0.2) is 34.5 Å². The maximum Gasteiger partial charge on any atom is 0.259 e. The number of aryl methyl sites for hydroxylation is 1. The highest BCUT2D eigenvalue weighted by atomic mass is 16.2. The fourth-order valence-corrected chi connectivity index (χ4v) is 4.24. The smallest absolute Gasteiger partial charge is 0.259 e. The van der Waals surface area contributed by atoms with Crippen molar-refractivity contribution in [1.82, 2.24) is 9.47 Å². The zero-order chi connectivity index (χ0) is 21.3. The summed E-state index contributed by atoms with van der Waals surface area (Å²) in [6.07, 6.45) is 3.60. The number of aromatic nitrogens is 1. The summed E-state index contributed by atoms with van der Waals surface area (Å²) in [5.74, 6) is 0.328. The molecule has 3 aromatic rings. The summed E-state index contributed by atoms with van der Waals surface area (Å²) in [7, 11) is 1.87. The van der Waals surface area contributed by atoms with Crippen molar-refractivity contribution in [3.8, 4) is 0 Å². The van der Waals surface area contributed by atoms with Crippen molar-refractivity contribution < 1.29 is 4.79 Å². The van der Waals surface area contributed by atoms with Gasteiger partial charge in [0, 0.05) is 43.4 Å². The molecule has 5 heteroatoms. The number of anilines is 1. The number of pyridine rings is 1. The summed E-state index contributed by atoms with van der Waals surface area (Å²) in [5, 5.41) is 4.15. The Morgan fingerprint density at radius 3 is 2.57 bits per heavy atom. The van der Waals surface area contributed by atoms with Crippen molar-refractivity contribution in [2.24, 2.45) is 7.05 Å². The van der Waals surface area contributed by atoms with Crippen LogP contribution in [0.1, 0.15) is 48.5 Å². The zero-order valence-corrected chi connectivity index (χ0v) is 17.9. The Bertz CT molecular complexity index is 1120. The first-order valence-corrected chi connectivity index (χ1v) is 10.7. The van der Waals surface area contributed by atoms with Gasteiger partial charge in [0.15, 0.2) is 0 Å². The molecule has 1 amide bonds. The molecule has 4 rings (SSSR count). The molecule has 0 spiro atoms. The molecule has 1 atom stereocenters. The number of nitrogens with one attached hydrogen (secondary N) is 1. The van der Waals surface area contributed by atoms with Gasteiger partial charge in [0.1, 0.15) is 5.56 Å². The predicted octanol–water partition coefficient (Wildman–Crippen LogP) is 4.38. The molecule has 156 valence electrons. The number of hydrogen-bond acceptors (Lipinski definition) is 3. The number of nitrogens with zero attached hydrogens (tertiary/aromatic N) is 2. The van der Waals surface area contributed by atoms with Gasteiger partial charge in [-0.3, -0.25) is 9.59 Å². The van der Waals surface area contributed by atoms with Crippen LogP contribution in [0.2, 0.25) is 0 Å². The Morgan fingerprint density at radius 1 is 1.10 bits per heavy atom. The molecule has 0 saturated carbocycles. The van der Waals surface area contributed by atoms with Gasteiger partial charge < -0.3 is 14.8 Å². The average Bonchev–Trinajstić information content (AvgIpc) is 2.76. The van der Waals surface area contributed by atoms with E-state index in [0.717, 1.165) is 24.0 Å². The molecule has 1 aliphatic heterocycles. The Morgan fingerprint density at radius 2 is 1.83 bits per heavy atom. The quantitative estimate of drug-likeness (QED) is 0.703. The molecule has 2 aromatic carbocycles. The van der Waals surface area contributed by atoms with Gasteiger partial charge in [0.05, 0.1) is 5.52 Å². The molecule has 0 bridgehead atoms. The largest absolute Gasteiger partial charge is 0.381 e. The maximum absolute atomic E-state index is 13.2. The highest BCUT2D eigenvalue weighted by molar-refractivity contribution is 5.97. The Kier molecular flexibility index (Phi) is 5.62. The van der Waals surface area contributed by atoms with Crippen molar-refractivity contribution >= 4 is 22.5 Å². The normalized spacial score (nSPS) is 16.8. The molecule has 1 saturated heterocycles. The van der Waals surface area contributed by atoms with E-state index in [1.54, 1.807) is 12.3 Å². The lowest BCUT2D eigenvalue weighted by atomic mass is 10.0. The van der Waals surface area contributed by atoms with E-state index in [4.69, 9.17) is 0 Å². The van der Waals surface area contributed by atoms with Gasteiger partial charge in [-0.15, -0.1) is 0 Å². The second-order valence-corrected chi connectivity index (χ2v) is 8.51. The first kappa shape index (κ1) is 20.2. The van der Waals surface area contributed by atoms with Crippen LogP contribution in [0.15, 0.2) is 59.5 Å². The minimum absolute atomic E-state index is 0.178. The average molecular weight is 404 g/mol. The Hall–Kier alpha value is -3.08. The highest BCUT2D eigenvalue weighted by Gasteiger charge is 2.26. The number of piperidine rings is 1. The van der Waals surface area contributed by atoms with Gasteiger partial charge in [-0.05, 0) is 48.6 Å². The fraction of sp³-hybridized carbons (Fsp3) is 0.360. The number of benzene rings is 2. The van der Waals surface area contributed by atoms with Crippen molar-refractivity contribution in [1.29, 1.82) is 0 Å². The van der Waals surface area contributed by atoms with Crippen LogP contribution >= 0.6 is 0 Å². The van der Waals surface area contributed by atoms with E-state index in [1.807, 2.05) is 34.7 Å². The molecule has 1 aromatic heterocycles. The van der Waals surface area contributed by atoms with E-state index in [0.29, 0.717) is 24.4 Å². The summed E-state index contributed by atoms with van der Waals surface area (Å²) in [4.78, 5) is 28.0. The van der Waals surface area contributed by atoms with Crippen LogP contribution in [-0.2, 0) is 7.05 Å². The lowest BCUT2D eigenvalue weighted by Crippen LogP contribution is -2.46. The molecule has 30 heavy (non-hydrogen) atoms. The standard InChI is InChI=1S/C25H29N3O2/c1-17(2)18-10-12-19(13-11-18)26-20-7-6-14-28(15-20)25(30)22-16-27(3)23-9-5-4-8-21(23)24(22)29/h4-5,8-13,16-17,20,26H,6-7,14-15H2,1-3H3/t20-/m1/s1. The van der Waals surface area contributed by atoms with Crippen LogP contribution in [0.4, 0.5) is 5.69 Å². The monoisotopic (exact) mass is 403 g/mol. The third-order valence-electron chi connectivity index (χ3n) is 5.98. The number of rotatable bonds is 4. The van der Waals surface area contributed by atoms with E-state index in [2.05, 4.69) is 43.4 Å². The number of carbonyl (C=O) groups is 1. The lowest BCUT2D eigenvalue weighted by Gasteiger charge is -2.33. The van der Waals surface area contributed by atoms with E-state index < -0.39 is 0 Å². The molecular weight excluding hydrogens is 374 g/mol. The summed E-state index contributed by atoms with van der Waals surface area (Å²) in [5.41, 5.74) is 3.28. The molecule has 1 fully saturated rings. The van der Waals surface area contributed by atoms with Gasteiger partial charge in [0.25, 0.3) is 5.91 Å². The summed E-state index contributed by atoms with van der Waals surface area (Å²) in [6.45, 7) is 5.65. The molecule has 0 radical (unpaired) electrons. The number of amides is 1. The topological polar surface area (TPSA) is 54.3 Å². The molecule has 1 aliphatic rings. The van der Waals surface area contributed by atoms with Crippen LogP contribution in [0.5, 0.6) is 0 Å². The third kappa shape index (κ3) is 3.97. The van der Waals surface area contributed by atoms with Crippen LogP contribution < -0.4 is 10.7 Å². The van der Waals surface area contributed by atoms with E-state index in [1.165, 1.54) is 5.56 Å². The van der Waals surface area contributed by atoms with Gasteiger partial charge >= 0.3 is 0 Å². The van der Waals surface area contributed by atoms with Crippen LogP contribution in [0.3, 0.4) is 0 Å². The zero-order valence-electron chi connectivity index (χ0n) is 17.9.